The van der Waals surface area contributed by atoms with Crippen LogP contribution in [0, 0.1) is 11.8 Å². The van der Waals surface area contributed by atoms with E-state index in [1.807, 2.05) is 6.08 Å². The third kappa shape index (κ3) is 3.74. The first-order chi connectivity index (χ1) is 9.65. The van der Waals surface area contributed by atoms with Gasteiger partial charge in [-0.15, -0.1) is 0 Å². The standard InChI is InChI=1S/C16H28O4/c1-3-4-5-6-11(17)7-8-12-13-9-16(19-2)20-15(13)10-14(12)18/h7,12-18H,3-6,8-10H2,1-2H3/b11-7+/t12-,13-,14-,15+,16-/m0/s1. The van der Waals surface area contributed by atoms with Crippen molar-refractivity contribution >= 4 is 0 Å². The molecule has 1 saturated carbocycles. The van der Waals surface area contributed by atoms with Gasteiger partial charge in [-0.25, -0.2) is 0 Å². The summed E-state index contributed by atoms with van der Waals surface area (Å²) in [6, 6.07) is 0. The Labute approximate surface area is 121 Å². The van der Waals surface area contributed by atoms with Crippen molar-refractivity contribution in [2.45, 2.75) is 70.4 Å². The number of hydrogen-bond acceptors (Lipinski definition) is 4. The molecule has 5 atom stereocenters. The molecule has 1 saturated heterocycles. The van der Waals surface area contributed by atoms with Crippen LogP contribution < -0.4 is 0 Å². The second-order valence-corrected chi connectivity index (χ2v) is 6.09. The van der Waals surface area contributed by atoms with Crippen LogP contribution in [0.15, 0.2) is 11.8 Å². The maximum Gasteiger partial charge on any atom is 0.157 e. The summed E-state index contributed by atoms with van der Waals surface area (Å²) < 4.78 is 11.0. The van der Waals surface area contributed by atoms with Crippen LogP contribution >= 0.6 is 0 Å². The molecular weight excluding hydrogens is 256 g/mol. The summed E-state index contributed by atoms with van der Waals surface area (Å²) in [5.41, 5.74) is 0. The molecule has 1 aliphatic heterocycles. The molecule has 4 heteroatoms. The fourth-order valence-electron chi connectivity index (χ4n) is 3.52. The molecule has 0 spiro atoms. The molecule has 0 amide bonds. The molecule has 116 valence electrons. The zero-order valence-corrected chi connectivity index (χ0v) is 12.6. The van der Waals surface area contributed by atoms with Gasteiger partial charge in [-0.2, -0.15) is 0 Å². The Kier molecular flexibility index (Phi) is 5.87. The highest BCUT2D eigenvalue weighted by Crippen LogP contribution is 2.45. The summed E-state index contributed by atoms with van der Waals surface area (Å²) in [7, 11) is 1.66. The van der Waals surface area contributed by atoms with Crippen LogP contribution in [0.4, 0.5) is 0 Å². The van der Waals surface area contributed by atoms with Gasteiger partial charge in [0.15, 0.2) is 6.29 Å². The molecule has 2 N–H and O–H groups in total. The lowest BCUT2D eigenvalue weighted by Gasteiger charge is -2.19. The van der Waals surface area contributed by atoms with Gasteiger partial charge in [0.2, 0.25) is 0 Å². The minimum atomic E-state index is -0.317. The van der Waals surface area contributed by atoms with Crippen molar-refractivity contribution in [2.75, 3.05) is 7.11 Å². The number of methoxy groups -OCH3 is 1. The van der Waals surface area contributed by atoms with E-state index in [0.29, 0.717) is 18.1 Å². The predicted octanol–water partition coefficient (Wildman–Crippen LogP) is 3.16. The first kappa shape index (κ1) is 15.8. The van der Waals surface area contributed by atoms with Crippen molar-refractivity contribution in [2.24, 2.45) is 11.8 Å². The van der Waals surface area contributed by atoms with Crippen molar-refractivity contribution in [1.82, 2.24) is 0 Å². The van der Waals surface area contributed by atoms with Gasteiger partial charge >= 0.3 is 0 Å². The second-order valence-electron chi connectivity index (χ2n) is 6.09. The minimum absolute atomic E-state index is 0.121. The number of aliphatic hydroxyl groups is 2. The summed E-state index contributed by atoms with van der Waals surface area (Å²) in [6.07, 6.45) is 7.96. The Morgan fingerprint density at radius 1 is 1.35 bits per heavy atom. The van der Waals surface area contributed by atoms with Gasteiger partial charge in [-0.05, 0) is 30.8 Å². The molecule has 1 heterocycles. The third-order valence-corrected chi connectivity index (χ3v) is 4.71. The lowest BCUT2D eigenvalue weighted by molar-refractivity contribution is -0.118. The summed E-state index contributed by atoms with van der Waals surface area (Å²) in [4.78, 5) is 0. The first-order valence-electron chi connectivity index (χ1n) is 7.90. The zero-order valence-electron chi connectivity index (χ0n) is 12.6. The SMILES string of the molecule is CCCCC/C(O)=C\C[C@H]1[C@@H]2C[C@@H](OC)O[C@@H]2C[C@@H]1O. The van der Waals surface area contributed by atoms with Crippen LogP contribution in [0.25, 0.3) is 0 Å². The van der Waals surface area contributed by atoms with Crippen molar-refractivity contribution < 1.29 is 19.7 Å². The molecule has 0 aromatic rings. The van der Waals surface area contributed by atoms with E-state index in [4.69, 9.17) is 9.47 Å². The molecule has 0 unspecified atom stereocenters. The van der Waals surface area contributed by atoms with E-state index in [9.17, 15) is 10.2 Å². The highest BCUT2D eigenvalue weighted by Gasteiger charge is 2.48. The Bertz CT molecular complexity index is 328. The minimum Gasteiger partial charge on any atom is -0.513 e. The molecule has 0 radical (unpaired) electrons. The van der Waals surface area contributed by atoms with Gasteiger partial charge < -0.3 is 19.7 Å². The average Bonchev–Trinajstić information content (AvgIpc) is 2.93. The van der Waals surface area contributed by atoms with Crippen LogP contribution in [0.3, 0.4) is 0 Å². The fourth-order valence-corrected chi connectivity index (χ4v) is 3.52. The number of fused-ring (bicyclic) bond motifs is 1. The van der Waals surface area contributed by atoms with Gasteiger partial charge in [-0.1, -0.05) is 19.8 Å². The van der Waals surface area contributed by atoms with Gasteiger partial charge in [-0.3, -0.25) is 0 Å². The fraction of sp³-hybridized carbons (Fsp3) is 0.875. The second kappa shape index (κ2) is 7.43. The third-order valence-electron chi connectivity index (χ3n) is 4.71. The largest absolute Gasteiger partial charge is 0.513 e. The number of rotatable bonds is 7. The van der Waals surface area contributed by atoms with Gasteiger partial charge in [0.25, 0.3) is 0 Å². The van der Waals surface area contributed by atoms with E-state index in [1.54, 1.807) is 7.11 Å². The highest BCUT2D eigenvalue weighted by molar-refractivity contribution is 5.01. The number of allylic oxidation sites excluding steroid dienone is 2. The monoisotopic (exact) mass is 284 g/mol. The summed E-state index contributed by atoms with van der Waals surface area (Å²) in [6.45, 7) is 2.15. The zero-order chi connectivity index (χ0) is 14.5. The van der Waals surface area contributed by atoms with E-state index >= 15 is 0 Å². The van der Waals surface area contributed by atoms with Gasteiger partial charge in [0, 0.05) is 26.4 Å². The Morgan fingerprint density at radius 2 is 2.15 bits per heavy atom. The Balaban J connectivity index is 1.83. The lowest BCUT2D eigenvalue weighted by atomic mass is 9.89. The number of ether oxygens (including phenoxy) is 2. The first-order valence-corrected chi connectivity index (χ1v) is 7.90. The van der Waals surface area contributed by atoms with E-state index in [2.05, 4.69) is 6.92 Å². The molecule has 0 aromatic heterocycles. The maximum absolute atomic E-state index is 10.1. The molecule has 20 heavy (non-hydrogen) atoms. The van der Waals surface area contributed by atoms with Crippen LogP contribution in [0.2, 0.25) is 0 Å². The molecule has 2 aliphatic rings. The molecule has 0 bridgehead atoms. The molecule has 2 fully saturated rings. The quantitative estimate of drug-likeness (QED) is 0.557. The maximum atomic E-state index is 10.1. The van der Waals surface area contributed by atoms with Gasteiger partial charge in [0.1, 0.15) is 0 Å². The van der Waals surface area contributed by atoms with Crippen molar-refractivity contribution in [3.63, 3.8) is 0 Å². The number of hydrogen-bond donors (Lipinski definition) is 2. The van der Waals surface area contributed by atoms with Crippen LogP contribution in [0.1, 0.15) is 51.9 Å². The van der Waals surface area contributed by atoms with Crippen molar-refractivity contribution in [3.05, 3.63) is 11.8 Å². The molecule has 0 aromatic carbocycles. The average molecular weight is 284 g/mol. The van der Waals surface area contributed by atoms with Crippen molar-refractivity contribution in [3.8, 4) is 0 Å². The molecule has 4 nitrogen and oxygen atoms in total. The van der Waals surface area contributed by atoms with E-state index in [1.165, 1.54) is 0 Å². The topological polar surface area (TPSA) is 58.9 Å². The number of aliphatic hydroxyl groups excluding tert-OH is 2. The smallest absolute Gasteiger partial charge is 0.157 e. The normalized spacial score (nSPS) is 37.4. The van der Waals surface area contributed by atoms with E-state index in [-0.39, 0.29) is 24.4 Å². The molecular formula is C16H28O4. The summed E-state index contributed by atoms with van der Waals surface area (Å²) >= 11 is 0. The van der Waals surface area contributed by atoms with Crippen LogP contribution in [-0.4, -0.2) is 35.8 Å². The number of unbranched alkanes of at least 4 members (excludes halogenated alkanes) is 2. The van der Waals surface area contributed by atoms with Crippen LogP contribution in [-0.2, 0) is 9.47 Å². The molecule has 1 aliphatic carbocycles. The Hall–Kier alpha value is -0.580. The lowest BCUT2D eigenvalue weighted by Crippen LogP contribution is -2.20. The van der Waals surface area contributed by atoms with Crippen molar-refractivity contribution in [1.29, 1.82) is 0 Å². The summed E-state index contributed by atoms with van der Waals surface area (Å²) in [5.74, 6) is 1.01. The predicted molar refractivity (Wildman–Crippen MR) is 77.4 cm³/mol. The molecule has 2 rings (SSSR count). The summed E-state index contributed by atoms with van der Waals surface area (Å²) in [5, 5.41) is 20.0. The van der Waals surface area contributed by atoms with Gasteiger partial charge in [0.05, 0.1) is 18.0 Å². The highest BCUT2D eigenvalue weighted by atomic mass is 16.7. The van der Waals surface area contributed by atoms with E-state index < -0.39 is 0 Å². The Morgan fingerprint density at radius 3 is 2.85 bits per heavy atom. The van der Waals surface area contributed by atoms with Crippen LogP contribution in [0.5, 0.6) is 0 Å². The van der Waals surface area contributed by atoms with E-state index in [0.717, 1.165) is 38.5 Å².